The zero-order chi connectivity index (χ0) is 25.2. The third-order valence-corrected chi connectivity index (χ3v) is 5.66. The molecule has 35 heavy (non-hydrogen) atoms. The van der Waals surface area contributed by atoms with Gasteiger partial charge in [-0.3, -0.25) is 4.79 Å². The van der Waals surface area contributed by atoms with Crippen molar-refractivity contribution in [3.63, 3.8) is 0 Å². The van der Waals surface area contributed by atoms with Gasteiger partial charge in [-0.1, -0.05) is 6.07 Å². The summed E-state index contributed by atoms with van der Waals surface area (Å²) in [6.07, 6.45) is -4.88. The number of hydrogen-bond acceptors (Lipinski definition) is 6. The quantitative estimate of drug-likeness (QED) is 0.473. The van der Waals surface area contributed by atoms with Crippen LogP contribution in [0.1, 0.15) is 41.5 Å². The number of alkyl halides is 3. The minimum atomic E-state index is -4.57. The van der Waals surface area contributed by atoms with E-state index in [1.54, 1.807) is 42.5 Å². The number of nitrogens with zero attached hydrogens (tertiary/aromatic N) is 2. The lowest BCUT2D eigenvalue weighted by molar-refractivity contribution is -0.173. The fourth-order valence-electron chi connectivity index (χ4n) is 3.97. The molecule has 0 spiro atoms. The topological polar surface area (TPSA) is 86.6 Å². The second kappa shape index (κ2) is 9.77. The summed E-state index contributed by atoms with van der Waals surface area (Å²) in [6, 6.07) is 10.3. The Labute approximate surface area is 200 Å². The summed E-state index contributed by atoms with van der Waals surface area (Å²) in [5, 5.41) is 9.71. The molecule has 3 aromatic rings. The van der Waals surface area contributed by atoms with Gasteiger partial charge in [-0.25, -0.2) is 4.68 Å². The van der Waals surface area contributed by atoms with Gasteiger partial charge in [0.1, 0.15) is 11.6 Å². The standard InChI is InChI=1S/C24H25F3N4O4/c1-4-35-16-8-6-15(7-9-16)28-23(32)18-13-22-29-17(12-21(24(25,26)27)31(22)30-18)14-5-10-19(33-2)20(11-14)34-3/h5-11,13,17,21,29H,4,12H2,1-3H3,(H,28,32)/t17-,21-/m1/s1. The van der Waals surface area contributed by atoms with Gasteiger partial charge in [0, 0.05) is 18.2 Å². The molecular formula is C24H25F3N4O4. The minimum Gasteiger partial charge on any atom is -0.494 e. The third kappa shape index (κ3) is 5.13. The summed E-state index contributed by atoms with van der Waals surface area (Å²) in [7, 11) is 2.94. The molecule has 0 aliphatic carbocycles. The highest BCUT2D eigenvalue weighted by molar-refractivity contribution is 6.03. The van der Waals surface area contributed by atoms with Crippen molar-refractivity contribution in [3.05, 3.63) is 59.8 Å². The van der Waals surface area contributed by atoms with Gasteiger partial charge in [-0.2, -0.15) is 18.3 Å². The Morgan fingerprint density at radius 3 is 2.46 bits per heavy atom. The van der Waals surface area contributed by atoms with Gasteiger partial charge in [0.25, 0.3) is 5.91 Å². The molecule has 0 unspecified atom stereocenters. The van der Waals surface area contributed by atoms with Crippen molar-refractivity contribution >= 4 is 17.4 Å². The molecule has 0 saturated carbocycles. The van der Waals surface area contributed by atoms with E-state index in [2.05, 4.69) is 15.7 Å². The average molecular weight is 490 g/mol. The number of amides is 1. The zero-order valence-electron chi connectivity index (χ0n) is 19.3. The van der Waals surface area contributed by atoms with Crippen LogP contribution in [0.15, 0.2) is 48.5 Å². The van der Waals surface area contributed by atoms with Crippen LogP contribution in [0.2, 0.25) is 0 Å². The van der Waals surface area contributed by atoms with Crippen LogP contribution in [0.3, 0.4) is 0 Å². The molecule has 2 atom stereocenters. The SMILES string of the molecule is CCOc1ccc(NC(=O)c2cc3n(n2)[C@@H](C(F)(F)F)C[C@H](c2ccc(OC)c(OC)c2)N3)cc1. The predicted octanol–water partition coefficient (Wildman–Crippen LogP) is 5.21. The van der Waals surface area contributed by atoms with Crippen LogP contribution < -0.4 is 24.8 Å². The van der Waals surface area contributed by atoms with Crippen molar-refractivity contribution in [2.75, 3.05) is 31.5 Å². The van der Waals surface area contributed by atoms with Crippen LogP contribution in [0.25, 0.3) is 0 Å². The largest absolute Gasteiger partial charge is 0.494 e. The van der Waals surface area contributed by atoms with Crippen LogP contribution in [0, 0.1) is 0 Å². The minimum absolute atomic E-state index is 0.0928. The lowest BCUT2D eigenvalue weighted by Gasteiger charge is -2.33. The highest BCUT2D eigenvalue weighted by atomic mass is 19.4. The molecule has 1 amide bonds. The van der Waals surface area contributed by atoms with Gasteiger partial charge in [-0.05, 0) is 48.9 Å². The zero-order valence-corrected chi connectivity index (χ0v) is 19.3. The van der Waals surface area contributed by atoms with Crippen LogP contribution in [0.5, 0.6) is 17.2 Å². The molecule has 0 bridgehead atoms. The first-order chi connectivity index (χ1) is 16.7. The Morgan fingerprint density at radius 2 is 1.83 bits per heavy atom. The van der Waals surface area contributed by atoms with E-state index in [0.717, 1.165) is 4.68 Å². The van der Waals surface area contributed by atoms with Crippen molar-refractivity contribution in [1.82, 2.24) is 9.78 Å². The monoisotopic (exact) mass is 490 g/mol. The molecule has 1 aromatic heterocycles. The summed E-state index contributed by atoms with van der Waals surface area (Å²) in [4.78, 5) is 12.7. The molecule has 2 aromatic carbocycles. The third-order valence-electron chi connectivity index (χ3n) is 5.66. The van der Waals surface area contributed by atoms with Gasteiger partial charge in [-0.15, -0.1) is 0 Å². The molecule has 4 rings (SSSR count). The normalized spacial score (nSPS) is 17.2. The van der Waals surface area contributed by atoms with E-state index in [9.17, 15) is 18.0 Å². The second-order valence-corrected chi connectivity index (χ2v) is 7.88. The number of methoxy groups -OCH3 is 2. The molecule has 2 N–H and O–H groups in total. The van der Waals surface area contributed by atoms with Gasteiger partial charge in [0.15, 0.2) is 23.2 Å². The molecular weight excluding hydrogens is 465 g/mol. The number of anilines is 2. The fraction of sp³-hybridized carbons (Fsp3) is 0.333. The molecule has 11 heteroatoms. The molecule has 0 radical (unpaired) electrons. The lowest BCUT2D eigenvalue weighted by atomic mass is 9.96. The van der Waals surface area contributed by atoms with Crippen LogP contribution >= 0.6 is 0 Å². The number of fused-ring (bicyclic) bond motifs is 1. The van der Waals surface area contributed by atoms with E-state index in [-0.39, 0.29) is 17.9 Å². The summed E-state index contributed by atoms with van der Waals surface area (Å²) in [5.74, 6) is 0.987. The number of carbonyl (C=O) groups is 1. The summed E-state index contributed by atoms with van der Waals surface area (Å²) < 4.78 is 58.7. The number of nitrogens with one attached hydrogen (secondary N) is 2. The van der Waals surface area contributed by atoms with Crippen LogP contribution in [-0.4, -0.2) is 42.7 Å². The summed E-state index contributed by atoms with van der Waals surface area (Å²) in [5.41, 5.74) is 0.918. The first-order valence-electron chi connectivity index (χ1n) is 10.9. The smallest absolute Gasteiger partial charge is 0.410 e. The average Bonchev–Trinajstić information content (AvgIpc) is 3.28. The Hall–Kier alpha value is -3.89. The van der Waals surface area contributed by atoms with Gasteiger partial charge in [0.2, 0.25) is 0 Å². The van der Waals surface area contributed by atoms with Gasteiger partial charge in [0.05, 0.1) is 26.9 Å². The molecule has 8 nitrogen and oxygen atoms in total. The fourth-order valence-corrected chi connectivity index (χ4v) is 3.97. The van der Waals surface area contributed by atoms with Crippen molar-refractivity contribution in [2.24, 2.45) is 0 Å². The summed E-state index contributed by atoms with van der Waals surface area (Å²) >= 11 is 0. The van der Waals surface area contributed by atoms with Crippen molar-refractivity contribution in [3.8, 4) is 17.2 Å². The molecule has 1 aliphatic heterocycles. The Morgan fingerprint density at radius 1 is 1.11 bits per heavy atom. The molecule has 186 valence electrons. The number of halogens is 3. The molecule has 0 saturated heterocycles. The second-order valence-electron chi connectivity index (χ2n) is 7.88. The number of rotatable bonds is 7. The number of aromatic nitrogens is 2. The first-order valence-corrected chi connectivity index (χ1v) is 10.9. The first kappa shape index (κ1) is 24.2. The van der Waals surface area contributed by atoms with E-state index >= 15 is 0 Å². The number of hydrogen-bond donors (Lipinski definition) is 2. The maximum Gasteiger partial charge on any atom is 0.410 e. The highest BCUT2D eigenvalue weighted by Crippen LogP contribution is 2.44. The van der Waals surface area contributed by atoms with Crippen LogP contribution in [-0.2, 0) is 0 Å². The Bertz CT molecular complexity index is 1190. The Kier molecular flexibility index (Phi) is 6.77. The van der Waals surface area contributed by atoms with Gasteiger partial charge < -0.3 is 24.8 Å². The van der Waals surface area contributed by atoms with E-state index < -0.39 is 24.2 Å². The van der Waals surface area contributed by atoms with Crippen molar-refractivity contribution in [1.29, 1.82) is 0 Å². The van der Waals surface area contributed by atoms with E-state index in [1.807, 2.05) is 6.92 Å². The molecule has 2 heterocycles. The van der Waals surface area contributed by atoms with E-state index in [1.165, 1.54) is 20.3 Å². The summed E-state index contributed by atoms with van der Waals surface area (Å²) in [6.45, 7) is 2.36. The van der Waals surface area contributed by atoms with Crippen molar-refractivity contribution < 1.29 is 32.2 Å². The molecule has 1 aliphatic rings. The maximum absolute atomic E-state index is 14.0. The highest BCUT2D eigenvalue weighted by Gasteiger charge is 2.47. The maximum atomic E-state index is 14.0. The number of ether oxygens (including phenoxy) is 3. The van der Waals surface area contributed by atoms with Crippen LogP contribution in [0.4, 0.5) is 24.7 Å². The number of benzene rings is 2. The predicted molar refractivity (Wildman–Crippen MR) is 123 cm³/mol. The molecule has 0 fully saturated rings. The van der Waals surface area contributed by atoms with Gasteiger partial charge >= 0.3 is 6.18 Å². The number of carbonyl (C=O) groups excluding carboxylic acids is 1. The van der Waals surface area contributed by atoms with E-state index in [0.29, 0.717) is 35.1 Å². The van der Waals surface area contributed by atoms with E-state index in [4.69, 9.17) is 14.2 Å². The Balaban J connectivity index is 1.60. The van der Waals surface area contributed by atoms with Crippen molar-refractivity contribution in [2.45, 2.75) is 31.6 Å². The lowest BCUT2D eigenvalue weighted by Crippen LogP contribution is -2.35.